The summed E-state index contributed by atoms with van der Waals surface area (Å²) in [4.78, 5) is 13.5. The number of nitrogens with one attached hydrogen (secondary N) is 1. The normalized spacial score (nSPS) is 17.9. The molecule has 0 bridgehead atoms. The molecule has 1 unspecified atom stereocenters. The lowest BCUT2D eigenvalue weighted by atomic mass is 9.99. The molecule has 1 aromatic rings. The lowest BCUT2D eigenvalue weighted by molar-refractivity contribution is -0.119. The van der Waals surface area contributed by atoms with Crippen molar-refractivity contribution in [1.29, 1.82) is 0 Å². The van der Waals surface area contributed by atoms with Crippen LogP contribution in [0.3, 0.4) is 0 Å². The van der Waals surface area contributed by atoms with E-state index in [-0.39, 0.29) is 11.9 Å². The first-order valence-electron chi connectivity index (χ1n) is 7.48. The Morgan fingerprint density at radius 2 is 2.05 bits per heavy atom. The Kier molecular flexibility index (Phi) is 5.01. The van der Waals surface area contributed by atoms with Gasteiger partial charge >= 0.3 is 0 Å². The van der Waals surface area contributed by atoms with Gasteiger partial charge in [0.15, 0.2) is 0 Å². The zero-order valence-electron chi connectivity index (χ0n) is 12.4. The fourth-order valence-electron chi connectivity index (χ4n) is 2.86. The molecular formula is C16H25N3O. The number of rotatable bonds is 4. The fourth-order valence-corrected chi connectivity index (χ4v) is 2.86. The van der Waals surface area contributed by atoms with Crippen LogP contribution in [0, 0.1) is 0 Å². The second-order valence-corrected chi connectivity index (χ2v) is 5.54. The predicted molar refractivity (Wildman–Crippen MR) is 82.7 cm³/mol. The highest BCUT2D eigenvalue weighted by molar-refractivity contribution is 5.73. The minimum absolute atomic E-state index is 0.0665. The number of hydrogen-bond acceptors (Lipinski definition) is 3. The van der Waals surface area contributed by atoms with Gasteiger partial charge in [0.05, 0.1) is 0 Å². The average Bonchev–Trinajstić information content (AvgIpc) is 2.46. The topological polar surface area (TPSA) is 58.4 Å². The quantitative estimate of drug-likeness (QED) is 0.885. The van der Waals surface area contributed by atoms with Gasteiger partial charge in [-0.15, -0.1) is 0 Å². The van der Waals surface area contributed by atoms with E-state index in [0.717, 1.165) is 32.4 Å². The van der Waals surface area contributed by atoms with Gasteiger partial charge in [0, 0.05) is 37.8 Å². The highest BCUT2D eigenvalue weighted by atomic mass is 16.1. The van der Waals surface area contributed by atoms with Gasteiger partial charge in [0.1, 0.15) is 0 Å². The second-order valence-electron chi connectivity index (χ2n) is 5.54. The van der Waals surface area contributed by atoms with Crippen molar-refractivity contribution < 1.29 is 4.79 Å². The van der Waals surface area contributed by atoms with Gasteiger partial charge in [-0.25, -0.2) is 0 Å². The minimum atomic E-state index is 0.0665. The molecule has 4 nitrogen and oxygen atoms in total. The molecule has 1 amide bonds. The monoisotopic (exact) mass is 275 g/mol. The Labute approximate surface area is 121 Å². The number of carbonyl (C=O) groups is 1. The fraction of sp³-hybridized carbons (Fsp3) is 0.562. The number of nitrogens with zero attached hydrogens (tertiary/aromatic N) is 1. The van der Waals surface area contributed by atoms with Crippen molar-refractivity contribution in [2.45, 2.75) is 45.2 Å². The van der Waals surface area contributed by atoms with Crippen molar-refractivity contribution in [2.24, 2.45) is 5.73 Å². The van der Waals surface area contributed by atoms with Crippen molar-refractivity contribution >= 4 is 11.6 Å². The Balaban J connectivity index is 2.05. The zero-order chi connectivity index (χ0) is 14.5. The van der Waals surface area contributed by atoms with E-state index < -0.39 is 0 Å². The molecule has 4 heteroatoms. The van der Waals surface area contributed by atoms with Gasteiger partial charge in [-0.2, -0.15) is 0 Å². The first-order valence-corrected chi connectivity index (χ1v) is 7.48. The molecule has 0 aliphatic carbocycles. The Hall–Kier alpha value is -1.55. The number of hydrogen-bond donors (Lipinski definition) is 2. The van der Waals surface area contributed by atoms with Gasteiger partial charge < -0.3 is 16.0 Å². The van der Waals surface area contributed by atoms with E-state index in [0.29, 0.717) is 6.04 Å². The van der Waals surface area contributed by atoms with Crippen LogP contribution in [0.5, 0.6) is 0 Å². The largest absolute Gasteiger partial charge is 0.371 e. The predicted octanol–water partition coefficient (Wildman–Crippen LogP) is 2.20. The molecule has 1 aromatic carbocycles. The van der Waals surface area contributed by atoms with Gasteiger partial charge in [0.25, 0.3) is 0 Å². The molecule has 1 fully saturated rings. The first kappa shape index (κ1) is 14.9. The summed E-state index contributed by atoms with van der Waals surface area (Å²) in [6.45, 7) is 5.64. The number of anilines is 1. The molecule has 1 aliphatic rings. The molecule has 3 N–H and O–H groups in total. The second kappa shape index (κ2) is 6.75. The van der Waals surface area contributed by atoms with Crippen LogP contribution in [0.15, 0.2) is 24.3 Å². The molecule has 0 aromatic heterocycles. The Morgan fingerprint density at radius 3 is 2.65 bits per heavy atom. The van der Waals surface area contributed by atoms with Crippen molar-refractivity contribution in [3.63, 3.8) is 0 Å². The lowest BCUT2D eigenvalue weighted by Gasteiger charge is -2.35. The van der Waals surface area contributed by atoms with Crippen LogP contribution < -0.4 is 16.0 Å². The third-order valence-corrected chi connectivity index (χ3v) is 4.02. The van der Waals surface area contributed by atoms with Crippen LogP contribution in [0.4, 0.5) is 5.69 Å². The summed E-state index contributed by atoms with van der Waals surface area (Å²) in [5.41, 5.74) is 8.69. The summed E-state index contributed by atoms with van der Waals surface area (Å²) in [5.74, 6) is 0.0665. The van der Waals surface area contributed by atoms with Crippen LogP contribution in [-0.4, -0.2) is 25.0 Å². The van der Waals surface area contributed by atoms with Gasteiger partial charge in [-0.1, -0.05) is 25.1 Å². The van der Waals surface area contributed by atoms with E-state index in [4.69, 9.17) is 5.73 Å². The minimum Gasteiger partial charge on any atom is -0.371 e. The summed E-state index contributed by atoms with van der Waals surface area (Å²) in [6.07, 6.45) is 2.93. The van der Waals surface area contributed by atoms with Crippen LogP contribution >= 0.6 is 0 Å². The molecule has 20 heavy (non-hydrogen) atoms. The molecule has 110 valence electrons. The molecule has 0 radical (unpaired) electrons. The number of benzene rings is 1. The number of para-hydroxylation sites is 1. The molecule has 1 atom stereocenters. The van der Waals surface area contributed by atoms with Gasteiger partial charge in [-0.3, -0.25) is 4.79 Å². The van der Waals surface area contributed by atoms with E-state index in [2.05, 4.69) is 41.4 Å². The van der Waals surface area contributed by atoms with E-state index in [1.807, 2.05) is 0 Å². The number of carbonyl (C=O) groups excluding carboxylic acids is 1. The standard InChI is InChI=1S/C16H25N3O/c1-3-15(17)14-6-4-5-7-16(14)19-10-8-13(9-11-19)18-12(2)20/h4-7,13,15H,3,8-11,17H2,1-2H3,(H,18,20). The van der Waals surface area contributed by atoms with Crippen LogP contribution in [-0.2, 0) is 4.79 Å². The summed E-state index contributed by atoms with van der Waals surface area (Å²) >= 11 is 0. The lowest BCUT2D eigenvalue weighted by Crippen LogP contribution is -2.44. The molecule has 1 aliphatic heterocycles. The van der Waals surface area contributed by atoms with E-state index in [1.165, 1.54) is 11.3 Å². The molecular weight excluding hydrogens is 250 g/mol. The summed E-state index contributed by atoms with van der Waals surface area (Å²) in [7, 11) is 0. The summed E-state index contributed by atoms with van der Waals surface area (Å²) < 4.78 is 0. The smallest absolute Gasteiger partial charge is 0.217 e. The number of amides is 1. The first-order chi connectivity index (χ1) is 9.61. The Bertz CT molecular complexity index is 453. The highest BCUT2D eigenvalue weighted by Gasteiger charge is 2.22. The zero-order valence-corrected chi connectivity index (χ0v) is 12.4. The van der Waals surface area contributed by atoms with E-state index >= 15 is 0 Å². The maximum atomic E-state index is 11.1. The third-order valence-electron chi connectivity index (χ3n) is 4.02. The van der Waals surface area contributed by atoms with Crippen LogP contribution in [0.25, 0.3) is 0 Å². The van der Waals surface area contributed by atoms with Crippen molar-refractivity contribution in [3.05, 3.63) is 29.8 Å². The number of nitrogens with two attached hydrogens (primary N) is 1. The van der Waals surface area contributed by atoms with Crippen molar-refractivity contribution in [1.82, 2.24) is 5.32 Å². The van der Waals surface area contributed by atoms with Crippen LogP contribution in [0.2, 0.25) is 0 Å². The van der Waals surface area contributed by atoms with Gasteiger partial charge in [-0.05, 0) is 30.9 Å². The van der Waals surface area contributed by atoms with E-state index in [9.17, 15) is 4.79 Å². The van der Waals surface area contributed by atoms with E-state index in [1.54, 1.807) is 6.92 Å². The summed E-state index contributed by atoms with van der Waals surface area (Å²) in [6, 6.07) is 8.82. The highest BCUT2D eigenvalue weighted by Crippen LogP contribution is 2.28. The molecule has 0 saturated carbocycles. The third kappa shape index (κ3) is 3.51. The molecule has 2 rings (SSSR count). The van der Waals surface area contributed by atoms with Crippen LogP contribution in [0.1, 0.15) is 44.7 Å². The molecule has 0 spiro atoms. The molecule has 1 heterocycles. The van der Waals surface area contributed by atoms with Gasteiger partial charge in [0.2, 0.25) is 5.91 Å². The maximum absolute atomic E-state index is 11.1. The summed E-state index contributed by atoms with van der Waals surface area (Å²) in [5, 5.41) is 3.01. The average molecular weight is 275 g/mol. The van der Waals surface area contributed by atoms with Crippen molar-refractivity contribution in [3.8, 4) is 0 Å². The van der Waals surface area contributed by atoms with Crippen molar-refractivity contribution in [2.75, 3.05) is 18.0 Å². The number of piperidine rings is 1. The SMILES string of the molecule is CCC(N)c1ccccc1N1CCC(NC(C)=O)CC1. The maximum Gasteiger partial charge on any atom is 0.217 e. The Morgan fingerprint density at radius 1 is 1.40 bits per heavy atom. The molecule has 1 saturated heterocycles.